The van der Waals surface area contributed by atoms with Crippen LogP contribution in [0.15, 0.2) is 124 Å². The van der Waals surface area contributed by atoms with Crippen LogP contribution >= 0.6 is 0 Å². The van der Waals surface area contributed by atoms with Crippen LogP contribution in [-0.4, -0.2) is 14.5 Å². The maximum Gasteiger partial charge on any atom is 0.233 e. The molecule has 182 valence electrons. The molecule has 0 bridgehead atoms. The van der Waals surface area contributed by atoms with Gasteiger partial charge in [-0.05, 0) is 30.3 Å². The highest BCUT2D eigenvalue weighted by Gasteiger charge is 2.24. The van der Waals surface area contributed by atoms with Crippen LogP contribution < -0.4 is 0 Å². The van der Waals surface area contributed by atoms with E-state index in [2.05, 4.69) is 59.2 Å². The van der Waals surface area contributed by atoms with Crippen LogP contribution in [0.5, 0.6) is 0 Å². The molecule has 0 aliphatic rings. The predicted octanol–water partition coefficient (Wildman–Crippen LogP) is 9.04. The molecular weight excluding hydrogens is 482 g/mol. The smallest absolute Gasteiger partial charge is 0.233 e. The minimum atomic E-state index is 0.565. The third-order valence-corrected chi connectivity index (χ3v) is 7.64. The maximum absolute atomic E-state index is 6.34. The second kappa shape index (κ2) is 7.55. The Morgan fingerprint density at radius 1 is 0.487 bits per heavy atom. The number of aromatic nitrogens is 3. The average Bonchev–Trinajstić information content (AvgIpc) is 3.66. The molecule has 4 heterocycles. The summed E-state index contributed by atoms with van der Waals surface area (Å²) in [6, 6.07) is 39.1. The van der Waals surface area contributed by atoms with Gasteiger partial charge in [-0.1, -0.05) is 84.9 Å². The first-order valence-corrected chi connectivity index (χ1v) is 12.9. The minimum absolute atomic E-state index is 0.565. The van der Waals surface area contributed by atoms with Crippen molar-refractivity contribution in [2.45, 2.75) is 0 Å². The molecule has 4 aromatic heterocycles. The van der Waals surface area contributed by atoms with Gasteiger partial charge in [0.2, 0.25) is 5.71 Å². The van der Waals surface area contributed by atoms with Crippen LogP contribution in [0.1, 0.15) is 0 Å². The Bertz CT molecular complexity index is 2390. The number of rotatable bonds is 2. The Hall–Kier alpha value is -5.42. The summed E-state index contributed by atoms with van der Waals surface area (Å²) in [4.78, 5) is 10.2. The van der Waals surface area contributed by atoms with Crippen molar-refractivity contribution in [3.8, 4) is 17.2 Å². The largest absolute Gasteiger partial charge is 0.456 e. The highest BCUT2D eigenvalue weighted by atomic mass is 16.3. The third-order valence-electron chi connectivity index (χ3n) is 7.64. The van der Waals surface area contributed by atoms with Crippen LogP contribution in [0.4, 0.5) is 0 Å². The topological polar surface area (TPSA) is 57.0 Å². The Morgan fingerprint density at radius 3 is 1.97 bits per heavy atom. The molecule has 0 N–H and O–H groups in total. The van der Waals surface area contributed by atoms with Crippen molar-refractivity contribution in [2.24, 2.45) is 0 Å². The number of hydrogen-bond acceptors (Lipinski definition) is 4. The molecular formula is C34H19N3O2. The van der Waals surface area contributed by atoms with E-state index in [-0.39, 0.29) is 0 Å². The number of nitrogens with zero attached hydrogens (tertiary/aromatic N) is 3. The quantitative estimate of drug-likeness (QED) is 0.237. The van der Waals surface area contributed by atoms with Gasteiger partial charge in [-0.25, -0.2) is 4.98 Å². The van der Waals surface area contributed by atoms with Gasteiger partial charge in [0.25, 0.3) is 0 Å². The summed E-state index contributed by atoms with van der Waals surface area (Å²) >= 11 is 0. The molecule has 0 spiro atoms. The normalized spacial score (nSPS) is 12.1. The standard InChI is InChI=1S/C34H19N3O2/c1-2-10-20(11-3-1)32-35-33(30-24-14-6-9-17-27(24)39-34(30)36-32)37-25-15-7-4-12-21(25)22-18-19-28-29(31(22)37)23-13-5-8-16-26(23)38-28/h1-19H. The third kappa shape index (κ3) is 2.79. The Kier molecular flexibility index (Phi) is 3.99. The fourth-order valence-electron chi connectivity index (χ4n) is 5.97. The van der Waals surface area contributed by atoms with Gasteiger partial charge >= 0.3 is 0 Å². The van der Waals surface area contributed by atoms with Crippen LogP contribution in [0.3, 0.4) is 0 Å². The van der Waals surface area contributed by atoms with Crippen LogP contribution in [-0.2, 0) is 0 Å². The van der Waals surface area contributed by atoms with E-state index in [1.807, 2.05) is 60.7 Å². The fraction of sp³-hybridized carbons (Fsp3) is 0. The number of para-hydroxylation sites is 3. The molecule has 0 aliphatic carbocycles. The first-order chi connectivity index (χ1) is 19.3. The lowest BCUT2D eigenvalue weighted by Crippen LogP contribution is -2.02. The lowest BCUT2D eigenvalue weighted by molar-refractivity contribution is 0.653. The van der Waals surface area contributed by atoms with Gasteiger partial charge in [-0.15, -0.1) is 0 Å². The first kappa shape index (κ1) is 20.6. The van der Waals surface area contributed by atoms with E-state index in [1.54, 1.807) is 0 Å². The summed E-state index contributed by atoms with van der Waals surface area (Å²) < 4.78 is 14.9. The van der Waals surface area contributed by atoms with E-state index in [0.29, 0.717) is 11.5 Å². The molecule has 0 aliphatic heterocycles. The lowest BCUT2D eigenvalue weighted by atomic mass is 10.1. The van der Waals surface area contributed by atoms with Crippen molar-refractivity contribution < 1.29 is 8.83 Å². The molecule has 0 unspecified atom stereocenters. The van der Waals surface area contributed by atoms with Crippen molar-refractivity contribution in [2.75, 3.05) is 0 Å². The van der Waals surface area contributed by atoms with E-state index >= 15 is 0 Å². The van der Waals surface area contributed by atoms with E-state index in [4.69, 9.17) is 18.8 Å². The Morgan fingerprint density at radius 2 is 1.15 bits per heavy atom. The molecule has 5 nitrogen and oxygen atoms in total. The molecule has 0 saturated carbocycles. The fourth-order valence-corrected chi connectivity index (χ4v) is 5.97. The van der Waals surface area contributed by atoms with Gasteiger partial charge in [0, 0.05) is 27.1 Å². The molecule has 0 amide bonds. The highest BCUT2D eigenvalue weighted by Crippen LogP contribution is 2.42. The monoisotopic (exact) mass is 501 g/mol. The predicted molar refractivity (Wildman–Crippen MR) is 156 cm³/mol. The number of fused-ring (bicyclic) bond motifs is 10. The van der Waals surface area contributed by atoms with Crippen LogP contribution in [0.2, 0.25) is 0 Å². The van der Waals surface area contributed by atoms with Gasteiger partial charge in [-0.3, -0.25) is 4.57 Å². The van der Waals surface area contributed by atoms with Gasteiger partial charge < -0.3 is 8.83 Å². The van der Waals surface area contributed by atoms with Gasteiger partial charge in [0.15, 0.2) is 11.6 Å². The van der Waals surface area contributed by atoms with Gasteiger partial charge in [0.1, 0.15) is 16.7 Å². The summed E-state index contributed by atoms with van der Waals surface area (Å²) in [5, 5.41) is 6.31. The minimum Gasteiger partial charge on any atom is -0.456 e. The molecule has 0 fully saturated rings. The van der Waals surface area contributed by atoms with E-state index in [1.165, 1.54) is 0 Å². The Labute approximate surface area is 221 Å². The van der Waals surface area contributed by atoms with E-state index in [9.17, 15) is 0 Å². The molecule has 0 atom stereocenters. The molecule has 9 rings (SSSR count). The van der Waals surface area contributed by atoms with Gasteiger partial charge in [0.05, 0.1) is 21.8 Å². The maximum atomic E-state index is 6.34. The second-order valence-electron chi connectivity index (χ2n) is 9.80. The molecule has 9 aromatic rings. The molecule has 0 radical (unpaired) electrons. The number of furan rings is 2. The zero-order valence-corrected chi connectivity index (χ0v) is 20.6. The summed E-state index contributed by atoms with van der Waals surface area (Å²) in [7, 11) is 0. The van der Waals surface area contributed by atoms with Crippen molar-refractivity contribution in [1.82, 2.24) is 14.5 Å². The SMILES string of the molecule is c1ccc(-c2nc(-n3c4ccccc4c4ccc5oc6ccccc6c5c43)c3c(n2)oc2ccccc23)cc1. The van der Waals surface area contributed by atoms with Gasteiger partial charge in [-0.2, -0.15) is 4.98 Å². The zero-order chi connectivity index (χ0) is 25.5. The van der Waals surface area contributed by atoms with Crippen molar-refractivity contribution in [3.05, 3.63) is 115 Å². The van der Waals surface area contributed by atoms with Crippen LogP contribution in [0, 0.1) is 0 Å². The summed E-state index contributed by atoms with van der Waals surface area (Å²) in [6.07, 6.45) is 0. The summed E-state index contributed by atoms with van der Waals surface area (Å²) in [5.74, 6) is 1.40. The van der Waals surface area contributed by atoms with E-state index in [0.717, 1.165) is 71.5 Å². The first-order valence-electron chi connectivity index (χ1n) is 12.9. The summed E-state index contributed by atoms with van der Waals surface area (Å²) in [5.41, 5.74) is 6.11. The average molecular weight is 502 g/mol. The molecule has 5 aromatic carbocycles. The van der Waals surface area contributed by atoms with E-state index < -0.39 is 0 Å². The highest BCUT2D eigenvalue weighted by molar-refractivity contribution is 6.25. The number of hydrogen-bond donors (Lipinski definition) is 0. The zero-order valence-electron chi connectivity index (χ0n) is 20.6. The molecule has 0 saturated heterocycles. The van der Waals surface area contributed by atoms with Crippen molar-refractivity contribution in [3.63, 3.8) is 0 Å². The summed E-state index contributed by atoms with van der Waals surface area (Å²) in [6.45, 7) is 0. The van der Waals surface area contributed by atoms with Crippen LogP contribution in [0.25, 0.3) is 83.0 Å². The second-order valence-corrected chi connectivity index (χ2v) is 9.80. The lowest BCUT2D eigenvalue weighted by Gasteiger charge is -2.11. The number of benzene rings is 5. The molecule has 39 heavy (non-hydrogen) atoms. The van der Waals surface area contributed by atoms with Crippen molar-refractivity contribution in [1.29, 1.82) is 0 Å². The Balaban J connectivity index is 1.55. The van der Waals surface area contributed by atoms with Crippen molar-refractivity contribution >= 4 is 65.8 Å². The molecule has 5 heteroatoms.